The minimum absolute atomic E-state index is 0.182. The average molecular weight is 158 g/mol. The molecule has 2 fully saturated rings. The first-order chi connectivity index (χ1) is 5.28. The van der Waals surface area contributed by atoms with E-state index in [0.29, 0.717) is 5.41 Å². The maximum Gasteiger partial charge on any atom is 0.106 e. The van der Waals surface area contributed by atoms with Gasteiger partial charge in [-0.2, -0.15) is 0 Å². The zero-order chi connectivity index (χ0) is 7.90. The van der Waals surface area contributed by atoms with Crippen LogP contribution in [0, 0.1) is 5.41 Å². The second kappa shape index (κ2) is 2.42. The van der Waals surface area contributed by atoms with Crippen molar-refractivity contribution in [3.8, 4) is 0 Å². The maximum atomic E-state index is 12.6. The zero-order valence-electron chi connectivity index (χ0n) is 6.94. The van der Waals surface area contributed by atoms with Crippen LogP contribution in [0.5, 0.6) is 0 Å². The molecule has 11 heavy (non-hydrogen) atoms. The first kappa shape index (κ1) is 7.50. The zero-order valence-corrected chi connectivity index (χ0v) is 6.94. The van der Waals surface area contributed by atoms with Crippen LogP contribution in [0.4, 0.5) is 4.39 Å². The maximum absolute atomic E-state index is 12.6. The Balaban J connectivity index is 2.10. The molecule has 0 bridgehead atoms. The van der Waals surface area contributed by atoms with Crippen molar-refractivity contribution >= 4 is 0 Å². The van der Waals surface area contributed by atoms with Crippen molar-refractivity contribution in [2.75, 3.05) is 33.4 Å². The number of nitrogens with one attached hydrogen (secondary N) is 1. The molecule has 0 unspecified atom stereocenters. The first-order valence-corrected chi connectivity index (χ1v) is 4.25. The van der Waals surface area contributed by atoms with Crippen LogP contribution in [0.1, 0.15) is 6.42 Å². The Labute approximate surface area is 66.8 Å². The molecule has 64 valence electrons. The molecule has 2 heterocycles. The van der Waals surface area contributed by atoms with Gasteiger partial charge in [-0.15, -0.1) is 0 Å². The SMILES string of the molecule is CN1CCC2(CNC2)[C@@H]1CF. The Bertz CT molecular complexity index is 156. The summed E-state index contributed by atoms with van der Waals surface area (Å²) in [5, 5.41) is 3.24. The summed E-state index contributed by atoms with van der Waals surface area (Å²) in [4.78, 5) is 2.15. The average Bonchev–Trinajstić information content (AvgIpc) is 2.25. The summed E-state index contributed by atoms with van der Waals surface area (Å²) >= 11 is 0. The van der Waals surface area contributed by atoms with Gasteiger partial charge in [-0.3, -0.25) is 0 Å². The molecular formula is C8H15FN2. The summed E-state index contributed by atoms with van der Waals surface area (Å²) in [6.45, 7) is 2.92. The third-order valence-electron chi connectivity index (χ3n) is 3.30. The lowest BCUT2D eigenvalue weighted by molar-refractivity contribution is 0.0857. The summed E-state index contributed by atoms with van der Waals surface area (Å²) in [7, 11) is 2.03. The molecule has 3 heteroatoms. The molecule has 2 aliphatic rings. The largest absolute Gasteiger partial charge is 0.315 e. The molecule has 0 saturated carbocycles. The third-order valence-corrected chi connectivity index (χ3v) is 3.30. The lowest BCUT2D eigenvalue weighted by Crippen LogP contribution is -2.60. The van der Waals surface area contributed by atoms with Crippen molar-refractivity contribution in [1.29, 1.82) is 0 Å². The second-order valence-corrected chi connectivity index (χ2v) is 3.87. The van der Waals surface area contributed by atoms with Crippen molar-refractivity contribution in [2.24, 2.45) is 5.41 Å². The summed E-state index contributed by atoms with van der Waals surface area (Å²) < 4.78 is 12.6. The van der Waals surface area contributed by atoms with Gasteiger partial charge >= 0.3 is 0 Å². The number of hydrogen-bond acceptors (Lipinski definition) is 2. The fourth-order valence-corrected chi connectivity index (χ4v) is 2.33. The van der Waals surface area contributed by atoms with Crippen molar-refractivity contribution in [3.05, 3.63) is 0 Å². The van der Waals surface area contributed by atoms with Gasteiger partial charge in [0.05, 0.1) is 0 Å². The first-order valence-electron chi connectivity index (χ1n) is 4.25. The minimum Gasteiger partial charge on any atom is -0.315 e. The van der Waals surface area contributed by atoms with Crippen LogP contribution in [0.25, 0.3) is 0 Å². The molecule has 0 radical (unpaired) electrons. The number of alkyl halides is 1. The smallest absolute Gasteiger partial charge is 0.106 e. The van der Waals surface area contributed by atoms with E-state index in [2.05, 4.69) is 10.2 Å². The molecule has 0 aromatic carbocycles. The van der Waals surface area contributed by atoms with E-state index in [1.165, 1.54) is 6.42 Å². The number of hydrogen-bond donors (Lipinski definition) is 1. The van der Waals surface area contributed by atoms with E-state index in [1.807, 2.05) is 7.05 Å². The molecule has 0 aromatic rings. The van der Waals surface area contributed by atoms with Crippen LogP contribution >= 0.6 is 0 Å². The summed E-state index contributed by atoms with van der Waals surface area (Å²) in [5.41, 5.74) is 0.295. The van der Waals surface area contributed by atoms with Gasteiger partial charge in [0.15, 0.2) is 0 Å². The molecule has 2 aliphatic heterocycles. The normalized spacial score (nSPS) is 36.0. The Morgan fingerprint density at radius 3 is 2.73 bits per heavy atom. The van der Waals surface area contributed by atoms with Gasteiger partial charge in [-0.1, -0.05) is 0 Å². The van der Waals surface area contributed by atoms with Gasteiger partial charge in [0.1, 0.15) is 6.67 Å². The molecule has 1 atom stereocenters. The second-order valence-electron chi connectivity index (χ2n) is 3.87. The quantitative estimate of drug-likeness (QED) is 0.588. The predicted molar refractivity (Wildman–Crippen MR) is 42.3 cm³/mol. The van der Waals surface area contributed by atoms with E-state index in [1.54, 1.807) is 0 Å². The van der Waals surface area contributed by atoms with E-state index >= 15 is 0 Å². The van der Waals surface area contributed by atoms with Crippen molar-refractivity contribution in [1.82, 2.24) is 10.2 Å². The Morgan fingerprint density at radius 1 is 1.64 bits per heavy atom. The lowest BCUT2D eigenvalue weighted by atomic mass is 9.75. The van der Waals surface area contributed by atoms with Gasteiger partial charge in [0, 0.05) is 24.5 Å². The van der Waals surface area contributed by atoms with Crippen LogP contribution in [-0.4, -0.2) is 44.3 Å². The fraction of sp³-hybridized carbons (Fsp3) is 1.00. The number of nitrogens with zero attached hydrogens (tertiary/aromatic N) is 1. The van der Waals surface area contributed by atoms with Crippen LogP contribution in [0.3, 0.4) is 0 Å². The Kier molecular flexibility index (Phi) is 1.65. The highest BCUT2D eigenvalue weighted by Gasteiger charge is 2.49. The van der Waals surface area contributed by atoms with E-state index in [9.17, 15) is 4.39 Å². The Hall–Kier alpha value is -0.150. The highest BCUT2D eigenvalue weighted by molar-refractivity contribution is 5.05. The van der Waals surface area contributed by atoms with E-state index in [-0.39, 0.29) is 12.7 Å². The third kappa shape index (κ3) is 0.908. The molecule has 2 rings (SSSR count). The molecule has 1 N–H and O–H groups in total. The monoisotopic (exact) mass is 158 g/mol. The van der Waals surface area contributed by atoms with Crippen LogP contribution in [-0.2, 0) is 0 Å². The van der Waals surface area contributed by atoms with Gasteiger partial charge < -0.3 is 10.2 Å². The summed E-state index contributed by atoms with van der Waals surface area (Å²) in [5.74, 6) is 0. The molecule has 0 aromatic heterocycles. The van der Waals surface area contributed by atoms with Crippen LogP contribution in [0.15, 0.2) is 0 Å². The summed E-state index contributed by atoms with van der Waals surface area (Å²) in [6.07, 6.45) is 1.17. The fourth-order valence-electron chi connectivity index (χ4n) is 2.33. The van der Waals surface area contributed by atoms with Crippen LogP contribution in [0.2, 0.25) is 0 Å². The standard InChI is InChI=1S/C8H15FN2/c1-11-3-2-8(5-10-6-8)7(11)4-9/h7,10H,2-6H2,1H3/t7-/m0/s1. The topological polar surface area (TPSA) is 15.3 Å². The molecule has 0 amide bonds. The van der Waals surface area contributed by atoms with Crippen molar-refractivity contribution in [2.45, 2.75) is 12.5 Å². The molecule has 0 aliphatic carbocycles. The number of rotatable bonds is 1. The Morgan fingerprint density at radius 2 is 2.36 bits per heavy atom. The van der Waals surface area contributed by atoms with E-state index in [4.69, 9.17) is 0 Å². The minimum atomic E-state index is -0.182. The highest BCUT2D eigenvalue weighted by Crippen LogP contribution is 2.39. The molecule has 1 spiro atoms. The molecule has 2 nitrogen and oxygen atoms in total. The number of halogens is 1. The molecule has 2 saturated heterocycles. The lowest BCUT2D eigenvalue weighted by Gasteiger charge is -2.44. The van der Waals surface area contributed by atoms with Crippen molar-refractivity contribution in [3.63, 3.8) is 0 Å². The van der Waals surface area contributed by atoms with E-state index < -0.39 is 0 Å². The van der Waals surface area contributed by atoms with Crippen molar-refractivity contribution < 1.29 is 4.39 Å². The molecular weight excluding hydrogens is 143 g/mol. The highest BCUT2D eigenvalue weighted by atomic mass is 19.1. The van der Waals surface area contributed by atoms with Crippen LogP contribution < -0.4 is 5.32 Å². The van der Waals surface area contributed by atoms with Gasteiger partial charge in [-0.25, -0.2) is 4.39 Å². The summed E-state index contributed by atoms with van der Waals surface area (Å²) in [6, 6.07) is 0.184. The van der Waals surface area contributed by atoms with Gasteiger partial charge in [0.25, 0.3) is 0 Å². The van der Waals surface area contributed by atoms with E-state index in [0.717, 1.165) is 19.6 Å². The number of likely N-dealkylation sites (tertiary alicyclic amines) is 1. The van der Waals surface area contributed by atoms with Gasteiger partial charge in [-0.05, 0) is 20.0 Å². The predicted octanol–water partition coefficient (Wildman–Crippen LogP) is 0.250. The van der Waals surface area contributed by atoms with Gasteiger partial charge in [0.2, 0.25) is 0 Å².